The van der Waals surface area contributed by atoms with E-state index in [1.807, 2.05) is 30.0 Å². The molecule has 2 fully saturated rings. The van der Waals surface area contributed by atoms with Crippen molar-refractivity contribution in [3.8, 4) is 0 Å². The van der Waals surface area contributed by atoms with Crippen molar-refractivity contribution in [1.82, 2.24) is 14.8 Å². The van der Waals surface area contributed by atoms with Crippen LogP contribution in [0.3, 0.4) is 0 Å². The minimum atomic E-state index is -0.975. The number of aliphatic hydroxyl groups is 1. The number of likely N-dealkylation sites (tertiary alicyclic amines) is 1. The van der Waals surface area contributed by atoms with Gasteiger partial charge in [-0.1, -0.05) is 6.07 Å². The van der Waals surface area contributed by atoms with E-state index in [9.17, 15) is 9.90 Å². The van der Waals surface area contributed by atoms with Gasteiger partial charge in [0.05, 0.1) is 36.5 Å². The molecule has 2 aliphatic rings. The topological polar surface area (TPSA) is 65.9 Å². The van der Waals surface area contributed by atoms with Crippen LogP contribution in [0.25, 0.3) is 0 Å². The average Bonchev–Trinajstić information content (AvgIpc) is 2.91. The van der Waals surface area contributed by atoms with Gasteiger partial charge in [-0.05, 0) is 32.9 Å². The summed E-state index contributed by atoms with van der Waals surface area (Å²) in [6, 6.07) is 6.28. The van der Waals surface area contributed by atoms with Gasteiger partial charge in [0.25, 0.3) is 0 Å². The van der Waals surface area contributed by atoms with Crippen molar-refractivity contribution in [2.45, 2.75) is 51.5 Å². The van der Waals surface area contributed by atoms with Crippen LogP contribution in [0, 0.1) is 6.92 Å². The highest BCUT2D eigenvalue weighted by Crippen LogP contribution is 2.25. The number of rotatable bonds is 4. The number of pyridine rings is 1. The molecule has 0 saturated carbocycles. The number of ether oxygens (including phenoxy) is 1. The smallest absolute Gasteiger partial charge is 0.225 e. The van der Waals surface area contributed by atoms with Gasteiger partial charge in [-0.25, -0.2) is 0 Å². The van der Waals surface area contributed by atoms with Crippen molar-refractivity contribution < 1.29 is 14.6 Å². The SMILES string of the molecule is Cc1cccc(CN2CCO[C@H]3CN(C(=O)CC(C)(C)O)C[C@@H]32)n1. The van der Waals surface area contributed by atoms with Gasteiger partial charge in [0.15, 0.2) is 0 Å². The zero-order valence-electron chi connectivity index (χ0n) is 14.7. The van der Waals surface area contributed by atoms with Gasteiger partial charge in [0, 0.05) is 31.9 Å². The van der Waals surface area contributed by atoms with Gasteiger partial charge in [0.1, 0.15) is 0 Å². The lowest BCUT2D eigenvalue weighted by Gasteiger charge is -2.36. The van der Waals surface area contributed by atoms with Crippen molar-refractivity contribution in [1.29, 1.82) is 0 Å². The zero-order valence-corrected chi connectivity index (χ0v) is 14.7. The van der Waals surface area contributed by atoms with Crippen LogP contribution < -0.4 is 0 Å². The number of aryl methyl sites for hydroxylation is 1. The van der Waals surface area contributed by atoms with E-state index in [0.29, 0.717) is 19.7 Å². The third kappa shape index (κ3) is 4.12. The van der Waals surface area contributed by atoms with Crippen molar-refractivity contribution in [2.24, 2.45) is 0 Å². The van der Waals surface area contributed by atoms with Crippen LogP contribution in [0.2, 0.25) is 0 Å². The molecule has 132 valence electrons. The molecule has 6 heteroatoms. The van der Waals surface area contributed by atoms with E-state index >= 15 is 0 Å². The highest BCUT2D eigenvalue weighted by molar-refractivity contribution is 5.77. The lowest BCUT2D eigenvalue weighted by atomic mass is 10.1. The molecule has 1 aromatic rings. The number of carbonyl (C=O) groups is 1. The number of aromatic nitrogens is 1. The molecule has 24 heavy (non-hydrogen) atoms. The summed E-state index contributed by atoms with van der Waals surface area (Å²) in [6.45, 7) is 8.91. The fraction of sp³-hybridized carbons (Fsp3) is 0.667. The molecule has 0 aliphatic carbocycles. The largest absolute Gasteiger partial charge is 0.390 e. The van der Waals surface area contributed by atoms with Crippen molar-refractivity contribution in [3.05, 3.63) is 29.6 Å². The number of carbonyl (C=O) groups excluding carboxylic acids is 1. The van der Waals surface area contributed by atoms with Gasteiger partial charge in [-0.2, -0.15) is 0 Å². The molecule has 2 saturated heterocycles. The van der Waals surface area contributed by atoms with Crippen molar-refractivity contribution >= 4 is 5.91 Å². The predicted octanol–water partition coefficient (Wildman–Crippen LogP) is 0.963. The Labute approximate surface area is 143 Å². The van der Waals surface area contributed by atoms with E-state index in [-0.39, 0.29) is 24.5 Å². The van der Waals surface area contributed by atoms with Crippen LogP contribution in [-0.2, 0) is 16.1 Å². The third-order valence-electron chi connectivity index (χ3n) is 4.66. The molecular formula is C18H27N3O3. The Morgan fingerprint density at radius 3 is 2.92 bits per heavy atom. The summed E-state index contributed by atoms with van der Waals surface area (Å²) >= 11 is 0. The minimum absolute atomic E-state index is 0.00543. The molecule has 0 unspecified atom stereocenters. The van der Waals surface area contributed by atoms with Crippen LogP contribution in [0.15, 0.2) is 18.2 Å². The first-order chi connectivity index (χ1) is 11.3. The number of nitrogens with zero attached hydrogens (tertiary/aromatic N) is 3. The lowest BCUT2D eigenvalue weighted by molar-refractivity contribution is -0.134. The number of hydrogen-bond acceptors (Lipinski definition) is 5. The maximum atomic E-state index is 12.4. The zero-order chi connectivity index (χ0) is 17.3. The van der Waals surface area contributed by atoms with Crippen molar-refractivity contribution in [2.75, 3.05) is 26.2 Å². The van der Waals surface area contributed by atoms with E-state index in [1.165, 1.54) is 0 Å². The molecule has 1 N–H and O–H groups in total. The van der Waals surface area contributed by atoms with E-state index in [4.69, 9.17) is 4.74 Å². The third-order valence-corrected chi connectivity index (χ3v) is 4.66. The van der Waals surface area contributed by atoms with E-state index in [1.54, 1.807) is 13.8 Å². The molecule has 3 heterocycles. The summed E-state index contributed by atoms with van der Waals surface area (Å²) in [7, 11) is 0. The first-order valence-electron chi connectivity index (χ1n) is 8.60. The summed E-state index contributed by atoms with van der Waals surface area (Å²) in [5.74, 6) is -0.00543. The van der Waals surface area contributed by atoms with E-state index in [2.05, 4.69) is 9.88 Å². The van der Waals surface area contributed by atoms with Crippen molar-refractivity contribution in [3.63, 3.8) is 0 Å². The summed E-state index contributed by atoms with van der Waals surface area (Å²) < 4.78 is 5.89. The number of amides is 1. The molecule has 3 rings (SSSR count). The first-order valence-corrected chi connectivity index (χ1v) is 8.60. The van der Waals surface area contributed by atoms with Crippen LogP contribution in [-0.4, -0.2) is 69.8 Å². The molecular weight excluding hydrogens is 306 g/mol. The Morgan fingerprint density at radius 2 is 2.21 bits per heavy atom. The van der Waals surface area contributed by atoms with E-state index in [0.717, 1.165) is 24.5 Å². The van der Waals surface area contributed by atoms with Crippen LogP contribution in [0.1, 0.15) is 31.7 Å². The van der Waals surface area contributed by atoms with Crippen LogP contribution in [0.5, 0.6) is 0 Å². The van der Waals surface area contributed by atoms with Gasteiger partial charge in [0.2, 0.25) is 5.91 Å². The second kappa shape index (κ2) is 6.78. The maximum Gasteiger partial charge on any atom is 0.225 e. The lowest BCUT2D eigenvalue weighted by Crippen LogP contribution is -2.50. The normalized spacial score (nSPS) is 24.9. The Balaban J connectivity index is 1.66. The number of morpholine rings is 1. The first kappa shape index (κ1) is 17.3. The highest BCUT2D eigenvalue weighted by atomic mass is 16.5. The summed E-state index contributed by atoms with van der Waals surface area (Å²) in [5.41, 5.74) is 1.10. The molecule has 2 atom stereocenters. The summed E-state index contributed by atoms with van der Waals surface area (Å²) in [6.07, 6.45) is 0.195. The van der Waals surface area contributed by atoms with Gasteiger partial charge in [-0.15, -0.1) is 0 Å². The molecule has 1 amide bonds. The van der Waals surface area contributed by atoms with Crippen LogP contribution >= 0.6 is 0 Å². The molecule has 0 bridgehead atoms. The molecule has 0 aromatic carbocycles. The second-order valence-corrected chi connectivity index (χ2v) is 7.51. The highest BCUT2D eigenvalue weighted by Gasteiger charge is 2.42. The molecule has 0 radical (unpaired) electrons. The molecule has 0 spiro atoms. The Hall–Kier alpha value is -1.50. The van der Waals surface area contributed by atoms with Gasteiger partial charge < -0.3 is 14.7 Å². The second-order valence-electron chi connectivity index (χ2n) is 7.51. The summed E-state index contributed by atoms with van der Waals surface area (Å²) in [5, 5.41) is 9.88. The van der Waals surface area contributed by atoms with Crippen LogP contribution in [0.4, 0.5) is 0 Å². The summed E-state index contributed by atoms with van der Waals surface area (Å²) in [4.78, 5) is 21.2. The van der Waals surface area contributed by atoms with Gasteiger partial charge in [-0.3, -0.25) is 14.7 Å². The van der Waals surface area contributed by atoms with Gasteiger partial charge >= 0.3 is 0 Å². The monoisotopic (exact) mass is 333 g/mol. The molecule has 1 aromatic heterocycles. The molecule has 6 nitrogen and oxygen atoms in total. The fourth-order valence-corrected chi connectivity index (χ4v) is 3.54. The average molecular weight is 333 g/mol. The standard InChI is InChI=1S/C18H27N3O3/c1-13-5-4-6-14(19-13)10-20-7-8-24-16-12-21(11-15(16)20)17(22)9-18(2,3)23/h4-6,15-16,23H,7-12H2,1-3H3/t15-,16-/m0/s1. The minimum Gasteiger partial charge on any atom is -0.390 e. The maximum absolute atomic E-state index is 12.4. The van der Waals surface area contributed by atoms with E-state index < -0.39 is 5.60 Å². The number of fused-ring (bicyclic) bond motifs is 1. The Bertz CT molecular complexity index is 599. The Morgan fingerprint density at radius 1 is 1.42 bits per heavy atom. The fourth-order valence-electron chi connectivity index (χ4n) is 3.54. The predicted molar refractivity (Wildman–Crippen MR) is 90.4 cm³/mol. The quantitative estimate of drug-likeness (QED) is 0.889. The number of hydrogen-bond donors (Lipinski definition) is 1. The molecule has 2 aliphatic heterocycles. The Kier molecular flexibility index (Phi) is 4.90.